The molecular weight excluding hydrogens is 252 g/mol. The van der Waals surface area contributed by atoms with Gasteiger partial charge in [-0.2, -0.15) is 0 Å². The summed E-state index contributed by atoms with van der Waals surface area (Å²) < 4.78 is 2.01. The summed E-state index contributed by atoms with van der Waals surface area (Å²) in [6, 6.07) is 8.15. The van der Waals surface area contributed by atoms with Crippen molar-refractivity contribution < 1.29 is 10.2 Å². The van der Waals surface area contributed by atoms with Gasteiger partial charge in [0.1, 0.15) is 0 Å². The van der Waals surface area contributed by atoms with Gasteiger partial charge in [0.2, 0.25) is 0 Å². The summed E-state index contributed by atoms with van der Waals surface area (Å²) in [5.41, 5.74) is 2.36. The lowest BCUT2D eigenvalue weighted by molar-refractivity contribution is 0.0822. The van der Waals surface area contributed by atoms with Crippen molar-refractivity contribution in [3.63, 3.8) is 0 Å². The third-order valence-corrected chi connectivity index (χ3v) is 3.30. The number of nitrogens with one attached hydrogen (secondary N) is 1. The van der Waals surface area contributed by atoms with Crippen LogP contribution < -0.4 is 5.32 Å². The molecule has 0 aliphatic heterocycles. The van der Waals surface area contributed by atoms with Crippen molar-refractivity contribution in [2.24, 2.45) is 0 Å². The Balaban J connectivity index is 2.30. The number of nitrogens with zero attached hydrogens (tertiary/aromatic N) is 1. The second-order valence-corrected chi connectivity index (χ2v) is 6.26. The highest BCUT2D eigenvalue weighted by atomic mass is 16.3. The van der Waals surface area contributed by atoms with E-state index in [4.69, 9.17) is 5.11 Å². The molecule has 0 fully saturated rings. The zero-order valence-corrected chi connectivity index (χ0v) is 12.4. The summed E-state index contributed by atoms with van der Waals surface area (Å²) in [6.07, 6.45) is 1.33. The molecule has 0 aliphatic carbocycles. The van der Waals surface area contributed by atoms with Gasteiger partial charge in [0, 0.05) is 29.2 Å². The van der Waals surface area contributed by atoms with E-state index in [1.54, 1.807) is 0 Å². The Labute approximate surface area is 120 Å². The maximum Gasteiger partial charge on any atom is 0.0949 e. The molecule has 4 nitrogen and oxygen atoms in total. The fraction of sp³-hybridized carbons (Fsp3) is 0.500. The van der Waals surface area contributed by atoms with Gasteiger partial charge in [-0.1, -0.05) is 18.2 Å². The van der Waals surface area contributed by atoms with Crippen LogP contribution in [-0.4, -0.2) is 33.0 Å². The quantitative estimate of drug-likeness (QED) is 0.781. The fourth-order valence-electron chi connectivity index (χ4n) is 2.26. The number of para-hydroxylation sites is 1. The highest BCUT2D eigenvalue weighted by Crippen LogP contribution is 2.22. The van der Waals surface area contributed by atoms with Gasteiger partial charge < -0.3 is 20.1 Å². The number of benzene rings is 1. The molecule has 3 N–H and O–H groups in total. The number of hydrogen-bond acceptors (Lipinski definition) is 3. The number of aliphatic hydroxyl groups is 2. The van der Waals surface area contributed by atoms with E-state index >= 15 is 0 Å². The van der Waals surface area contributed by atoms with Crippen molar-refractivity contribution in [3.8, 4) is 0 Å². The van der Waals surface area contributed by atoms with E-state index in [0.29, 0.717) is 6.54 Å². The van der Waals surface area contributed by atoms with E-state index in [-0.39, 0.29) is 12.1 Å². The third-order valence-electron chi connectivity index (χ3n) is 3.30. The molecule has 1 aromatic carbocycles. The number of aliphatic hydroxyl groups excluding tert-OH is 2. The van der Waals surface area contributed by atoms with E-state index < -0.39 is 6.10 Å². The minimum absolute atomic E-state index is 0.0633. The van der Waals surface area contributed by atoms with Gasteiger partial charge in [-0.05, 0) is 32.4 Å². The first-order valence-electron chi connectivity index (χ1n) is 7.01. The van der Waals surface area contributed by atoms with Gasteiger partial charge in [-0.15, -0.1) is 0 Å². The molecule has 1 aromatic heterocycles. The van der Waals surface area contributed by atoms with Gasteiger partial charge in [-0.3, -0.25) is 0 Å². The molecule has 0 aliphatic rings. The van der Waals surface area contributed by atoms with Crippen molar-refractivity contribution in [2.75, 3.05) is 6.61 Å². The SMILES string of the molecule is CC(C)(C)NCc1cn(CC(O)CO)c2ccccc12. The summed E-state index contributed by atoms with van der Waals surface area (Å²) in [5.74, 6) is 0. The molecule has 0 amide bonds. The topological polar surface area (TPSA) is 57.4 Å². The summed E-state index contributed by atoms with van der Waals surface area (Å²) in [5, 5.41) is 23.3. The summed E-state index contributed by atoms with van der Waals surface area (Å²) >= 11 is 0. The van der Waals surface area contributed by atoms with Crippen LogP contribution in [0.5, 0.6) is 0 Å². The average Bonchev–Trinajstić information content (AvgIpc) is 2.74. The largest absolute Gasteiger partial charge is 0.394 e. The molecule has 0 saturated heterocycles. The number of fused-ring (bicyclic) bond motifs is 1. The number of rotatable bonds is 5. The highest BCUT2D eigenvalue weighted by Gasteiger charge is 2.13. The second-order valence-electron chi connectivity index (χ2n) is 6.26. The van der Waals surface area contributed by atoms with Gasteiger partial charge in [0.25, 0.3) is 0 Å². The molecule has 4 heteroatoms. The lowest BCUT2D eigenvalue weighted by Crippen LogP contribution is -2.35. The van der Waals surface area contributed by atoms with Crippen LogP contribution in [0, 0.1) is 0 Å². The monoisotopic (exact) mass is 276 g/mol. The zero-order chi connectivity index (χ0) is 14.8. The Morgan fingerprint density at radius 2 is 1.95 bits per heavy atom. The first kappa shape index (κ1) is 15.0. The molecule has 110 valence electrons. The number of hydrogen-bond donors (Lipinski definition) is 3. The first-order chi connectivity index (χ1) is 9.40. The van der Waals surface area contributed by atoms with E-state index in [0.717, 1.165) is 12.1 Å². The van der Waals surface area contributed by atoms with Crippen molar-refractivity contribution in [2.45, 2.75) is 45.5 Å². The molecule has 1 atom stereocenters. The molecule has 1 unspecified atom stereocenters. The molecule has 20 heavy (non-hydrogen) atoms. The molecular formula is C16H24N2O2. The van der Waals surface area contributed by atoms with E-state index in [2.05, 4.69) is 38.4 Å². The molecule has 2 rings (SSSR count). The predicted molar refractivity (Wildman–Crippen MR) is 81.6 cm³/mol. The molecule has 0 radical (unpaired) electrons. The Bertz CT molecular complexity index is 569. The minimum Gasteiger partial charge on any atom is -0.394 e. The summed E-state index contributed by atoms with van der Waals surface area (Å²) in [4.78, 5) is 0. The third kappa shape index (κ3) is 3.60. The van der Waals surface area contributed by atoms with Crippen LogP contribution in [0.3, 0.4) is 0 Å². The van der Waals surface area contributed by atoms with Crippen LogP contribution in [0.1, 0.15) is 26.3 Å². The van der Waals surface area contributed by atoms with E-state index in [1.165, 1.54) is 10.9 Å². The van der Waals surface area contributed by atoms with E-state index in [9.17, 15) is 5.11 Å². The molecule has 2 aromatic rings. The zero-order valence-electron chi connectivity index (χ0n) is 12.4. The van der Waals surface area contributed by atoms with Crippen LogP contribution in [-0.2, 0) is 13.1 Å². The second kappa shape index (κ2) is 5.95. The molecule has 0 spiro atoms. The van der Waals surface area contributed by atoms with Crippen LogP contribution in [0.25, 0.3) is 10.9 Å². The maximum absolute atomic E-state index is 9.65. The summed E-state index contributed by atoms with van der Waals surface area (Å²) in [7, 11) is 0. The van der Waals surface area contributed by atoms with Crippen LogP contribution >= 0.6 is 0 Å². The minimum atomic E-state index is -0.728. The van der Waals surface area contributed by atoms with Crippen molar-refractivity contribution in [1.29, 1.82) is 0 Å². The van der Waals surface area contributed by atoms with Crippen molar-refractivity contribution in [1.82, 2.24) is 9.88 Å². The van der Waals surface area contributed by atoms with Crippen LogP contribution in [0.15, 0.2) is 30.5 Å². The normalized spacial score (nSPS) is 13.8. The highest BCUT2D eigenvalue weighted by molar-refractivity contribution is 5.83. The van der Waals surface area contributed by atoms with E-state index in [1.807, 2.05) is 22.8 Å². The maximum atomic E-state index is 9.65. The van der Waals surface area contributed by atoms with Crippen molar-refractivity contribution >= 4 is 10.9 Å². The Morgan fingerprint density at radius 3 is 2.60 bits per heavy atom. The molecule has 1 heterocycles. The smallest absolute Gasteiger partial charge is 0.0949 e. The van der Waals surface area contributed by atoms with Gasteiger partial charge in [0.05, 0.1) is 19.3 Å². The Hall–Kier alpha value is -1.36. The number of aromatic nitrogens is 1. The molecule has 0 saturated carbocycles. The predicted octanol–water partition coefficient (Wildman–Crippen LogP) is 1.88. The Kier molecular flexibility index (Phi) is 4.48. The fourth-order valence-corrected chi connectivity index (χ4v) is 2.26. The van der Waals surface area contributed by atoms with Crippen LogP contribution in [0.2, 0.25) is 0 Å². The van der Waals surface area contributed by atoms with Gasteiger partial charge in [0.15, 0.2) is 0 Å². The van der Waals surface area contributed by atoms with Gasteiger partial charge in [-0.25, -0.2) is 0 Å². The van der Waals surface area contributed by atoms with Crippen molar-refractivity contribution in [3.05, 3.63) is 36.0 Å². The standard InChI is InChI=1S/C16H24N2O2/c1-16(2,3)17-8-12-9-18(10-13(20)11-19)15-7-5-4-6-14(12)15/h4-7,9,13,17,19-20H,8,10-11H2,1-3H3. The summed E-state index contributed by atoms with van der Waals surface area (Å²) in [6.45, 7) is 7.39. The molecule has 0 bridgehead atoms. The Morgan fingerprint density at radius 1 is 1.25 bits per heavy atom. The first-order valence-corrected chi connectivity index (χ1v) is 7.01. The lowest BCUT2D eigenvalue weighted by Gasteiger charge is -2.20. The lowest BCUT2D eigenvalue weighted by atomic mass is 10.1. The van der Waals surface area contributed by atoms with Crippen LogP contribution in [0.4, 0.5) is 0 Å². The average molecular weight is 276 g/mol. The van der Waals surface area contributed by atoms with Gasteiger partial charge >= 0.3 is 0 Å².